The van der Waals surface area contributed by atoms with E-state index in [1.165, 1.54) is 57.4 Å². The Balaban J connectivity index is 0.000000113. The van der Waals surface area contributed by atoms with E-state index in [2.05, 4.69) is 74.5 Å². The Morgan fingerprint density at radius 3 is 1.04 bits per heavy atom. The highest BCUT2D eigenvalue weighted by atomic mass is 16.5. The zero-order valence-corrected chi connectivity index (χ0v) is 92.4. The Labute approximate surface area is 886 Å². The van der Waals surface area contributed by atoms with Crippen molar-refractivity contribution in [3.05, 3.63) is 11.6 Å². The molecule has 24 aliphatic rings. The number of ether oxygens (including phenoxy) is 1. The summed E-state index contributed by atoms with van der Waals surface area (Å²) in [6, 6.07) is 5.09. The second kappa shape index (κ2) is 40.3. The van der Waals surface area contributed by atoms with Crippen LogP contribution < -0.4 is 0 Å². The molecule has 0 aromatic rings. The van der Waals surface area contributed by atoms with Gasteiger partial charge in [-0.1, -0.05) is 88.7 Å². The maximum Gasteiger partial charge on any atom is 0.303 e. The number of Topliss-reactive ketones (excluding diaryl/α,β-unsaturated/α-hetero) is 6. The smallest absolute Gasteiger partial charge is 0.303 e. The highest BCUT2D eigenvalue weighted by Crippen LogP contribution is 2.76. The summed E-state index contributed by atoms with van der Waals surface area (Å²) in [7, 11) is 0. The number of hydrogen-bond donors (Lipinski definition) is 14. The number of aliphatic hydroxyl groups excluding tert-OH is 11. The van der Waals surface area contributed by atoms with Crippen LogP contribution in [0, 0.1) is 236 Å². The number of rotatable bonds is 7. The van der Waals surface area contributed by atoms with Gasteiger partial charge in [0.05, 0.1) is 78.9 Å². The van der Waals surface area contributed by atoms with Gasteiger partial charge in [0.2, 0.25) is 5.78 Å². The number of esters is 1. The topological polar surface area (TPSA) is 477 Å². The maximum atomic E-state index is 12.9. The molecule has 14 N–H and O–H groups in total. The van der Waals surface area contributed by atoms with E-state index in [1.807, 2.05) is 20.8 Å². The summed E-state index contributed by atoms with van der Waals surface area (Å²) in [5.74, 6) is 7.94. The third-order valence-corrected chi connectivity index (χ3v) is 53.0. The van der Waals surface area contributed by atoms with Crippen molar-refractivity contribution in [2.45, 2.75) is 464 Å². The summed E-state index contributed by atoms with van der Waals surface area (Å²) in [4.78, 5) is 97.1. The lowest BCUT2D eigenvalue weighted by atomic mass is 9.43. The maximum absolute atomic E-state index is 12.9. The molecule has 0 spiro atoms. The van der Waals surface area contributed by atoms with Crippen LogP contribution in [0.5, 0.6) is 0 Å². The molecule has 0 saturated heterocycles. The lowest BCUT2D eigenvalue weighted by Gasteiger charge is -2.62. The molecule has 24 aliphatic carbocycles. The molecule has 25 nitrogen and oxygen atoms in total. The number of hydrogen-bond acceptors (Lipinski definition) is 25. The molecule has 24 rings (SSSR count). The van der Waals surface area contributed by atoms with E-state index < -0.39 is 94.5 Å². The molecule has 0 unspecified atom stereocenters. The fourth-order valence-electron chi connectivity index (χ4n) is 45.2. The average molecular weight is 2070 g/mol. The summed E-state index contributed by atoms with van der Waals surface area (Å²) < 4.78 is 4.89. The van der Waals surface area contributed by atoms with Gasteiger partial charge in [-0.05, 0) is 449 Å². The number of allylic oxidation sites excluding steroid dienone is 1. The predicted molar refractivity (Wildman–Crippen MR) is 556 cm³/mol. The molecule has 0 radical (unpaired) electrons. The molecule has 49 atom stereocenters. The van der Waals surface area contributed by atoms with Crippen molar-refractivity contribution in [2.75, 3.05) is 19.8 Å². The van der Waals surface area contributed by atoms with Gasteiger partial charge in [-0.25, -0.2) is 0 Å². The fourth-order valence-corrected chi connectivity index (χ4v) is 45.2. The van der Waals surface area contributed by atoms with E-state index in [-0.39, 0.29) is 156 Å². The number of ketones is 7. The molecule has 0 aromatic carbocycles. The summed E-state index contributed by atoms with van der Waals surface area (Å²) in [6.07, 6.45) is 38.4. The molecule has 0 aliphatic heterocycles. The first-order valence-corrected chi connectivity index (χ1v) is 59.9. The number of carbonyl (C=O) groups is 8. The van der Waals surface area contributed by atoms with Crippen LogP contribution in [0.2, 0.25) is 0 Å². The van der Waals surface area contributed by atoms with Gasteiger partial charge in [-0.3, -0.25) is 38.4 Å². The highest BCUT2D eigenvalue weighted by Gasteiger charge is 2.75. The number of carbonyl (C=O) groups excluding carboxylic acids is 8. The van der Waals surface area contributed by atoms with Crippen LogP contribution in [0.1, 0.15) is 392 Å². The molecular weight excluding hydrogens is 1890 g/mol. The van der Waals surface area contributed by atoms with Gasteiger partial charge in [0, 0.05) is 67.1 Å². The normalized spacial score (nSPS) is 54.4. The molecule has 23 fully saturated rings. The van der Waals surface area contributed by atoms with Crippen LogP contribution in [0.4, 0.5) is 0 Å². The molecule has 0 aromatic heterocycles. The van der Waals surface area contributed by atoms with E-state index in [4.69, 9.17) is 4.74 Å². The third-order valence-electron chi connectivity index (χ3n) is 53.0. The zero-order valence-electron chi connectivity index (χ0n) is 92.4. The summed E-state index contributed by atoms with van der Waals surface area (Å²) in [6.45, 7) is 25.8. The number of aliphatic hydroxyl groups is 14. The van der Waals surface area contributed by atoms with Crippen molar-refractivity contribution < 1.29 is 115 Å². The van der Waals surface area contributed by atoms with E-state index in [1.54, 1.807) is 6.08 Å². The first-order valence-electron chi connectivity index (χ1n) is 59.9. The van der Waals surface area contributed by atoms with Crippen molar-refractivity contribution in [1.29, 1.82) is 10.5 Å². The third kappa shape index (κ3) is 17.5. The minimum atomic E-state index is -1.57. The van der Waals surface area contributed by atoms with Gasteiger partial charge >= 0.3 is 5.97 Å². The Kier molecular flexibility index (Phi) is 30.4. The second-order valence-electron chi connectivity index (χ2n) is 58.4. The molecular formula is C124H188N2O23. The molecule has 0 bridgehead atoms. The largest absolute Gasteiger partial charge is 0.458 e. The predicted octanol–water partition coefficient (Wildman–Crippen LogP) is 16.0. The van der Waals surface area contributed by atoms with E-state index >= 15 is 0 Å². The van der Waals surface area contributed by atoms with Crippen molar-refractivity contribution in [1.82, 2.24) is 0 Å². The zero-order chi connectivity index (χ0) is 108. The highest BCUT2D eigenvalue weighted by molar-refractivity contribution is 5.93. The SMILES string of the molecule is CC(=O)OCC(=O)[C@@]1(O)CC[C@H]2[C@@H]3CC[C@@H]4CC(=O)CC[C@]4(C)[C@H]3[C@@H](O)C[C@@]21C.C[C@]12CCC(=O)C=C1CC[C@@H]1[C@@H]2[C@@H](O)C[C@@]2(C)[C@H]1CC[C@]2(O)C(=O)CO.C[C@]12CCC(=O)C[C@H]1CC[C@@H]1[C@@H]2[C@@H](O)C[C@@]2(C)[C@H]1CC[C@]2(O)C(=O)CO.C[C@]12CC[C@@H](O)C[C@H]1CC[C@@H]1[C@@H]2[C@@H](O)C[C@]2(C)C(=O)CC[C@@H]12.C[C@]12CC[C@@H](O)C[C@H]1CC[C@@H]1[C@@H]2[C@@H](O)C[C@]2(C)[C@@H](C#N)CC[C@@H]12.C[C@]12CC[C@@H](O)C[C@H]1CC[C@@H]1[C@@H]2[C@@H](O)C[C@]2(C)[C@H](C#N)CC[C@@H]12. The number of fused-ring (bicyclic) bond motifs is 30. The number of nitrogens with zero attached hydrogens (tertiary/aromatic N) is 2. The van der Waals surface area contributed by atoms with Crippen LogP contribution >= 0.6 is 0 Å². The Morgan fingerprint density at radius 2 is 0.664 bits per heavy atom. The Morgan fingerprint density at radius 1 is 0.329 bits per heavy atom. The first-order chi connectivity index (χ1) is 70.0. The lowest BCUT2D eigenvalue weighted by molar-refractivity contribution is -0.199. The summed E-state index contributed by atoms with van der Waals surface area (Å²) >= 11 is 0. The monoisotopic (exact) mass is 2070 g/mol. The van der Waals surface area contributed by atoms with Crippen molar-refractivity contribution >= 4 is 46.5 Å². The van der Waals surface area contributed by atoms with E-state index in [9.17, 15) is 120 Å². The summed E-state index contributed by atoms with van der Waals surface area (Å²) in [5, 5.41) is 169. The Bertz CT molecular complexity index is 5110. The molecule has 832 valence electrons. The van der Waals surface area contributed by atoms with Gasteiger partial charge in [-0.15, -0.1) is 0 Å². The van der Waals surface area contributed by atoms with Gasteiger partial charge in [0.25, 0.3) is 0 Å². The summed E-state index contributed by atoms with van der Waals surface area (Å²) in [5.41, 5.74) is -5.51. The minimum absolute atomic E-state index is 0.0205. The molecule has 23 saturated carbocycles. The molecule has 149 heavy (non-hydrogen) atoms. The fraction of sp³-hybridized carbons (Fsp3) is 0.903. The number of nitriles is 2. The lowest BCUT2D eigenvalue weighted by Crippen LogP contribution is -2.63. The molecule has 25 heteroatoms. The van der Waals surface area contributed by atoms with Crippen LogP contribution in [0.15, 0.2) is 11.6 Å². The van der Waals surface area contributed by atoms with Crippen LogP contribution in [-0.2, 0) is 43.1 Å². The quantitative estimate of drug-likeness (QED) is 0.105. The Hall–Kier alpha value is -4.68. The minimum Gasteiger partial charge on any atom is -0.458 e. The van der Waals surface area contributed by atoms with Gasteiger partial charge < -0.3 is 76.2 Å². The van der Waals surface area contributed by atoms with Crippen LogP contribution in [-0.4, -0.2) is 210 Å². The van der Waals surface area contributed by atoms with E-state index in [0.29, 0.717) is 177 Å². The van der Waals surface area contributed by atoms with Crippen LogP contribution in [0.3, 0.4) is 0 Å². The standard InChI is InChI=1S/C23H34O6.C21H32O5.C21H30O5.2C20H31NO2.C19H30O3/c1-13(24)29-12-19(27)23(28)9-7-17-16-5-4-14-10-15(25)6-8-21(14,2)20(16)18(26)11-22(17,23)3;2*1-19-7-5-13(23)9-12(19)3-4-14-15-6-8-21(26,17(25)11-22)20(15,2)10-16(24)18(14)19;2*1-19-8-7-14(22)9-12(19)3-5-15-16-6-4-13(11-21)20(16,2)10-17(23)18(15)19;1-18-8-7-12(20)9-11(18)3-4-13-14-5-6-16(22)19(14,2)10-15(21)17(13)18/h14,16-18,20,26,28H,4-12H2,1-3H3;12,14-16,18,22,24,26H,3-11H2,1-2H3;9,14-16,18,22,24,26H,3-8,10-11H2,1-2H3;2*12-18,22-23H,3-10H2,1-2H3;11-15,17,20-21H,3-10H2,1-2H3/t14-,16+,17+,18+,20-,21+,22+,23+;12-,14+,15+,16+,18-,19+,20+,21+;14-,15-,16-,18+,19-,20-,21-;12-,13+,14-,15+,16+,17+,18-,19+,20-;12-,13-,14-,15+,16+,17+,18-,19+,20-;11-,12-,13+,14+,15+,17-,18+,19+/m110111/s1. The van der Waals surface area contributed by atoms with E-state index in [0.717, 1.165) is 180 Å². The molecule has 0 amide bonds. The van der Waals surface area contributed by atoms with Crippen molar-refractivity contribution in [3.8, 4) is 12.1 Å². The van der Waals surface area contributed by atoms with Crippen molar-refractivity contribution in [2.24, 2.45) is 213 Å². The van der Waals surface area contributed by atoms with Gasteiger partial charge in [0.1, 0.15) is 47.4 Å². The second-order valence-corrected chi connectivity index (χ2v) is 58.4. The van der Waals surface area contributed by atoms with Crippen molar-refractivity contribution in [3.63, 3.8) is 0 Å². The average Bonchev–Trinajstić information content (AvgIpc) is 1.56. The van der Waals surface area contributed by atoms with Gasteiger partial charge in [-0.2, -0.15) is 10.5 Å². The first kappa shape index (κ1) is 113. The molecule has 0 heterocycles. The van der Waals surface area contributed by atoms with Gasteiger partial charge in [0.15, 0.2) is 24.0 Å². The van der Waals surface area contributed by atoms with Crippen LogP contribution in [0.25, 0.3) is 0 Å².